The summed E-state index contributed by atoms with van der Waals surface area (Å²) in [7, 11) is 1.72. The molecule has 0 aromatic carbocycles. The zero-order chi connectivity index (χ0) is 13.7. The Morgan fingerprint density at radius 3 is 2.95 bits per heavy atom. The van der Waals surface area contributed by atoms with Crippen molar-refractivity contribution in [3.05, 3.63) is 0 Å². The number of amides is 2. The third-order valence-corrected chi connectivity index (χ3v) is 4.47. The van der Waals surface area contributed by atoms with Crippen molar-refractivity contribution in [2.75, 3.05) is 40.0 Å². The van der Waals surface area contributed by atoms with Crippen LogP contribution in [0.3, 0.4) is 0 Å². The Kier molecular flexibility index (Phi) is 5.05. The molecule has 0 bridgehead atoms. The summed E-state index contributed by atoms with van der Waals surface area (Å²) in [4.78, 5) is 14.0. The number of nitrogens with zero attached hydrogens (tertiary/aromatic N) is 1. The number of ether oxygens (including phenoxy) is 1. The van der Waals surface area contributed by atoms with Crippen LogP contribution in [0.25, 0.3) is 0 Å². The highest BCUT2D eigenvalue weighted by Gasteiger charge is 2.42. The average Bonchev–Trinajstić information content (AvgIpc) is 3.23. The van der Waals surface area contributed by atoms with Gasteiger partial charge in [-0.1, -0.05) is 0 Å². The summed E-state index contributed by atoms with van der Waals surface area (Å²) in [6, 6.07) is 0.0295. The van der Waals surface area contributed by atoms with Crippen LogP contribution < -0.4 is 5.32 Å². The monoisotopic (exact) mass is 270 g/mol. The zero-order valence-corrected chi connectivity index (χ0v) is 11.9. The number of hydrogen-bond donors (Lipinski definition) is 2. The second-order valence-corrected chi connectivity index (χ2v) is 6.04. The van der Waals surface area contributed by atoms with E-state index in [0.717, 1.165) is 39.0 Å². The van der Waals surface area contributed by atoms with Gasteiger partial charge in [-0.05, 0) is 43.4 Å². The minimum absolute atomic E-state index is 0.0295. The van der Waals surface area contributed by atoms with Crippen molar-refractivity contribution >= 4 is 6.03 Å². The van der Waals surface area contributed by atoms with Crippen molar-refractivity contribution in [1.29, 1.82) is 0 Å². The fourth-order valence-electron chi connectivity index (χ4n) is 2.78. The van der Waals surface area contributed by atoms with Crippen LogP contribution in [0.5, 0.6) is 0 Å². The summed E-state index contributed by atoms with van der Waals surface area (Å²) in [5, 5.41) is 12.2. The van der Waals surface area contributed by atoms with Crippen LogP contribution in [0, 0.1) is 11.3 Å². The van der Waals surface area contributed by atoms with Gasteiger partial charge in [-0.2, -0.15) is 0 Å². The lowest BCUT2D eigenvalue weighted by Crippen LogP contribution is -2.47. The maximum Gasteiger partial charge on any atom is 0.317 e. The van der Waals surface area contributed by atoms with Gasteiger partial charge < -0.3 is 20.1 Å². The first-order valence-electron chi connectivity index (χ1n) is 7.32. The Morgan fingerprint density at radius 1 is 1.53 bits per heavy atom. The number of aliphatic hydroxyl groups is 1. The van der Waals surface area contributed by atoms with Gasteiger partial charge in [-0.15, -0.1) is 0 Å². The van der Waals surface area contributed by atoms with E-state index in [4.69, 9.17) is 4.74 Å². The number of aliphatic hydroxyl groups excluding tert-OH is 1. The summed E-state index contributed by atoms with van der Waals surface area (Å²) in [5.41, 5.74) is 0.290. The van der Waals surface area contributed by atoms with Crippen LogP contribution in [-0.2, 0) is 4.74 Å². The van der Waals surface area contributed by atoms with Crippen LogP contribution in [0.2, 0.25) is 0 Å². The highest BCUT2D eigenvalue weighted by Crippen LogP contribution is 2.48. The molecule has 110 valence electrons. The highest BCUT2D eigenvalue weighted by molar-refractivity contribution is 5.74. The summed E-state index contributed by atoms with van der Waals surface area (Å²) >= 11 is 0. The number of carbonyl (C=O) groups excluding carboxylic acids is 1. The second kappa shape index (κ2) is 6.57. The van der Waals surface area contributed by atoms with E-state index in [0.29, 0.717) is 6.54 Å². The van der Waals surface area contributed by atoms with Crippen molar-refractivity contribution in [3.8, 4) is 0 Å². The zero-order valence-electron chi connectivity index (χ0n) is 11.9. The normalized spacial score (nSPS) is 25.2. The molecule has 2 fully saturated rings. The maximum atomic E-state index is 12.1. The van der Waals surface area contributed by atoms with E-state index in [1.54, 1.807) is 7.11 Å². The predicted molar refractivity (Wildman–Crippen MR) is 72.9 cm³/mol. The smallest absolute Gasteiger partial charge is 0.317 e. The molecule has 1 saturated heterocycles. The SMILES string of the molecule is COCCC1(CNC(=O)N2CCCC(CO)C2)CC1. The molecule has 1 saturated carbocycles. The lowest BCUT2D eigenvalue weighted by molar-refractivity contribution is 0.127. The predicted octanol–water partition coefficient (Wildman–Crippen LogP) is 1.22. The molecule has 1 unspecified atom stereocenters. The molecule has 2 N–H and O–H groups in total. The van der Waals surface area contributed by atoms with E-state index in [2.05, 4.69) is 5.32 Å². The van der Waals surface area contributed by atoms with Gasteiger partial charge in [0.05, 0.1) is 0 Å². The standard InChI is InChI=1S/C14H26N2O3/c1-19-8-6-14(4-5-14)11-15-13(18)16-7-2-3-12(9-16)10-17/h12,17H,2-11H2,1H3,(H,15,18). The van der Waals surface area contributed by atoms with E-state index in [-0.39, 0.29) is 24.0 Å². The lowest BCUT2D eigenvalue weighted by Gasteiger charge is -2.32. The molecule has 1 heterocycles. The molecule has 5 nitrogen and oxygen atoms in total. The molecule has 2 amide bonds. The molecule has 0 spiro atoms. The number of rotatable bonds is 6. The van der Waals surface area contributed by atoms with Crippen molar-refractivity contribution in [1.82, 2.24) is 10.2 Å². The van der Waals surface area contributed by atoms with Gasteiger partial charge >= 0.3 is 6.03 Å². The van der Waals surface area contributed by atoms with Gasteiger partial charge in [0.25, 0.3) is 0 Å². The van der Waals surface area contributed by atoms with Gasteiger partial charge in [0.1, 0.15) is 0 Å². The average molecular weight is 270 g/mol. The lowest BCUT2D eigenvalue weighted by atomic mass is 9.99. The Balaban J connectivity index is 1.72. The fourth-order valence-corrected chi connectivity index (χ4v) is 2.78. The van der Waals surface area contributed by atoms with Crippen LogP contribution in [0.1, 0.15) is 32.1 Å². The number of piperidine rings is 1. The quantitative estimate of drug-likeness (QED) is 0.763. The summed E-state index contributed by atoms with van der Waals surface area (Å²) in [6.07, 6.45) is 5.43. The number of carbonyl (C=O) groups is 1. The van der Waals surface area contributed by atoms with Gasteiger partial charge in [0.15, 0.2) is 0 Å². The minimum Gasteiger partial charge on any atom is -0.396 e. The molecular weight excluding hydrogens is 244 g/mol. The second-order valence-electron chi connectivity index (χ2n) is 6.04. The number of urea groups is 1. The van der Waals surface area contributed by atoms with E-state index in [1.807, 2.05) is 4.90 Å². The third kappa shape index (κ3) is 4.08. The number of nitrogens with one attached hydrogen (secondary N) is 1. The van der Waals surface area contributed by atoms with Crippen molar-refractivity contribution in [2.45, 2.75) is 32.1 Å². The molecule has 1 aliphatic carbocycles. The maximum absolute atomic E-state index is 12.1. The molecule has 1 atom stereocenters. The molecule has 2 aliphatic rings. The fraction of sp³-hybridized carbons (Fsp3) is 0.929. The topological polar surface area (TPSA) is 61.8 Å². The third-order valence-electron chi connectivity index (χ3n) is 4.47. The Hall–Kier alpha value is -0.810. The van der Waals surface area contributed by atoms with Crippen LogP contribution in [0.4, 0.5) is 4.79 Å². The van der Waals surface area contributed by atoms with E-state index in [1.165, 1.54) is 12.8 Å². The van der Waals surface area contributed by atoms with Crippen LogP contribution >= 0.6 is 0 Å². The Bertz CT molecular complexity index is 305. The Labute approximate surface area is 115 Å². The molecule has 0 aromatic rings. The first kappa shape index (κ1) is 14.6. The largest absolute Gasteiger partial charge is 0.396 e. The molecule has 1 aliphatic heterocycles. The van der Waals surface area contributed by atoms with E-state index < -0.39 is 0 Å². The molecule has 19 heavy (non-hydrogen) atoms. The first-order valence-corrected chi connectivity index (χ1v) is 7.32. The molecule has 5 heteroatoms. The summed E-state index contributed by atoms with van der Waals surface area (Å²) in [5.74, 6) is 0.253. The van der Waals surface area contributed by atoms with E-state index in [9.17, 15) is 9.90 Å². The minimum atomic E-state index is 0.0295. The molecular formula is C14H26N2O3. The van der Waals surface area contributed by atoms with E-state index >= 15 is 0 Å². The van der Waals surface area contributed by atoms with Gasteiger partial charge in [-0.3, -0.25) is 0 Å². The number of hydrogen-bond acceptors (Lipinski definition) is 3. The molecule has 0 aromatic heterocycles. The van der Waals surface area contributed by atoms with Crippen molar-refractivity contribution < 1.29 is 14.6 Å². The van der Waals surface area contributed by atoms with Crippen LogP contribution in [0.15, 0.2) is 0 Å². The number of methoxy groups -OCH3 is 1. The van der Waals surface area contributed by atoms with Crippen LogP contribution in [-0.4, -0.2) is 56.0 Å². The number of likely N-dealkylation sites (tertiary alicyclic amines) is 1. The van der Waals surface area contributed by atoms with Gasteiger partial charge in [0.2, 0.25) is 0 Å². The van der Waals surface area contributed by atoms with Gasteiger partial charge in [-0.25, -0.2) is 4.79 Å². The molecule has 2 rings (SSSR count). The molecule has 0 radical (unpaired) electrons. The first-order chi connectivity index (χ1) is 9.19. The van der Waals surface area contributed by atoms with Crippen molar-refractivity contribution in [3.63, 3.8) is 0 Å². The summed E-state index contributed by atoms with van der Waals surface area (Å²) < 4.78 is 5.12. The van der Waals surface area contributed by atoms with Crippen molar-refractivity contribution in [2.24, 2.45) is 11.3 Å². The highest BCUT2D eigenvalue weighted by atomic mass is 16.5. The van der Waals surface area contributed by atoms with Gasteiger partial charge in [0, 0.05) is 40.0 Å². The Morgan fingerprint density at radius 2 is 2.32 bits per heavy atom. The summed E-state index contributed by atoms with van der Waals surface area (Å²) in [6.45, 7) is 3.21.